The lowest BCUT2D eigenvalue weighted by Gasteiger charge is -2.26. The van der Waals surface area contributed by atoms with Gasteiger partial charge < -0.3 is 31.7 Å². The van der Waals surface area contributed by atoms with Crippen LogP contribution < -0.4 is 26.6 Å². The lowest BCUT2D eigenvalue weighted by Crippen LogP contribution is -2.57. The quantitative estimate of drug-likeness (QED) is 0.105. The van der Waals surface area contributed by atoms with Gasteiger partial charge in [0.25, 0.3) is 0 Å². The van der Waals surface area contributed by atoms with Crippen LogP contribution in [0.2, 0.25) is 0 Å². The largest absolute Gasteiger partial charge is 0.480 e. The Balaban J connectivity index is 1.36. The predicted molar refractivity (Wildman–Crippen MR) is 236 cm³/mol. The Bertz CT molecular complexity index is 2340. The van der Waals surface area contributed by atoms with Crippen LogP contribution in [0.1, 0.15) is 47.8 Å². The van der Waals surface area contributed by atoms with Crippen LogP contribution in [0, 0.1) is 5.92 Å². The molecule has 62 heavy (non-hydrogen) atoms. The predicted octanol–water partition coefficient (Wildman–Crippen LogP) is 5.04. The van der Waals surface area contributed by atoms with Crippen molar-refractivity contribution in [2.24, 2.45) is 5.92 Å². The van der Waals surface area contributed by atoms with Gasteiger partial charge in [-0.05, 0) is 71.2 Å². The molecule has 0 fully saturated rings. The number of ketones is 1. The van der Waals surface area contributed by atoms with Crippen LogP contribution in [-0.2, 0) is 59.2 Å². The van der Waals surface area contributed by atoms with Gasteiger partial charge in [-0.3, -0.25) is 33.6 Å². The number of carboxylic acids is 1. The van der Waals surface area contributed by atoms with E-state index in [-0.39, 0.29) is 44.9 Å². The minimum atomic E-state index is -1.25. The number of aliphatic carboxylic acids is 1. The molecule has 320 valence electrons. The molecule has 0 saturated heterocycles. The van der Waals surface area contributed by atoms with Gasteiger partial charge in [-0.1, -0.05) is 103 Å². The number of anilines is 1. The molecule has 3 heterocycles. The number of carboxylic acid groups (broad SMARTS) is 1. The highest BCUT2D eigenvalue weighted by atomic mass is 32.1. The molecule has 5 amide bonds. The summed E-state index contributed by atoms with van der Waals surface area (Å²) in [6.07, 6.45) is -0.526. The second-order valence-electron chi connectivity index (χ2n) is 15.4. The van der Waals surface area contributed by atoms with Gasteiger partial charge in [0, 0.05) is 48.6 Å². The summed E-state index contributed by atoms with van der Waals surface area (Å²) in [6, 6.07) is 31.9. The van der Waals surface area contributed by atoms with Crippen molar-refractivity contribution in [2.75, 3.05) is 5.32 Å². The molecule has 0 radical (unpaired) electrons. The molecule has 0 aliphatic carbocycles. The van der Waals surface area contributed by atoms with Gasteiger partial charge in [-0.15, -0.1) is 11.3 Å². The zero-order valence-electron chi connectivity index (χ0n) is 34.2. The van der Waals surface area contributed by atoms with Gasteiger partial charge in [0.1, 0.15) is 18.1 Å². The first-order valence-electron chi connectivity index (χ1n) is 20.5. The smallest absolute Gasteiger partial charge is 0.325 e. The maximum Gasteiger partial charge on any atom is 0.325 e. The summed E-state index contributed by atoms with van der Waals surface area (Å²) in [7, 11) is 0. The number of fused-ring (bicyclic) bond motifs is 18. The van der Waals surface area contributed by atoms with E-state index in [1.54, 1.807) is 36.4 Å². The second kappa shape index (κ2) is 21.5. The van der Waals surface area contributed by atoms with Crippen molar-refractivity contribution in [3.05, 3.63) is 148 Å². The van der Waals surface area contributed by atoms with Gasteiger partial charge in [-0.25, -0.2) is 0 Å². The van der Waals surface area contributed by atoms with Crippen molar-refractivity contribution in [3.63, 3.8) is 0 Å². The first-order valence-corrected chi connectivity index (χ1v) is 21.3. The van der Waals surface area contributed by atoms with Crippen LogP contribution in [-0.4, -0.2) is 70.6 Å². The molecule has 6 N–H and O–H groups in total. The van der Waals surface area contributed by atoms with Crippen molar-refractivity contribution in [3.8, 4) is 11.1 Å². The summed E-state index contributed by atoms with van der Waals surface area (Å²) in [6.45, 7) is 1.32. The highest BCUT2D eigenvalue weighted by molar-refractivity contribution is 7.09. The number of carbonyl (C=O) groups is 7. The number of carbonyl (C=O) groups excluding carboxylic acids is 6. The third-order valence-electron chi connectivity index (χ3n) is 10.6. The third-order valence-corrected chi connectivity index (χ3v) is 11.5. The lowest BCUT2D eigenvalue weighted by molar-refractivity contribution is -0.142. The van der Waals surface area contributed by atoms with Crippen molar-refractivity contribution >= 4 is 58.3 Å². The minimum Gasteiger partial charge on any atom is -0.480 e. The van der Waals surface area contributed by atoms with E-state index in [9.17, 15) is 38.7 Å². The Kier molecular flexibility index (Phi) is 15.5. The number of thiophene rings is 1. The van der Waals surface area contributed by atoms with Crippen LogP contribution >= 0.6 is 11.3 Å². The van der Waals surface area contributed by atoms with E-state index in [1.165, 1.54) is 18.3 Å². The number of nitrogens with one attached hydrogen (secondary N) is 5. The molecule has 4 aromatic carbocycles. The summed E-state index contributed by atoms with van der Waals surface area (Å²) in [5.74, 6) is -5.72. The number of rotatable bonds is 10. The van der Waals surface area contributed by atoms with Gasteiger partial charge >= 0.3 is 5.97 Å². The average Bonchev–Trinajstić information content (AvgIpc) is 3.79. The molecule has 1 aromatic heterocycles. The van der Waals surface area contributed by atoms with Crippen molar-refractivity contribution in [1.82, 2.24) is 21.3 Å². The number of amides is 5. The first kappa shape index (κ1) is 44.6. The highest BCUT2D eigenvalue weighted by Gasteiger charge is 2.33. The summed E-state index contributed by atoms with van der Waals surface area (Å²) in [4.78, 5) is 95.8. The standard InChI is InChI=1S/C48H49N5O8S/c1-30(48(60)61)49-45(57)36-25-32-16-20-37(21-17-32)50-43(55)22-23-44(56)51-41(29-38-13-8-24-62-38)47(59)53-40(27-33-14-18-35(19-15-33)34-11-6-3-7-12-34)46(58)52-39(42(54)28-36)26-31-9-4-2-5-10-31/h2-21,24,30,36,39-41H,22-23,25-29H2,1H3,(H,49,57)(H,50,55)(H,51,56)(H,52,58)(H,53,59)(H,60,61)/t30-,36-,39-,40+,41-/m1/s1. The molecule has 0 saturated carbocycles. The molecular weight excluding hydrogens is 807 g/mol. The van der Waals surface area contributed by atoms with Gasteiger partial charge in [0.2, 0.25) is 29.5 Å². The maximum absolute atomic E-state index is 14.6. The van der Waals surface area contributed by atoms with Crippen molar-refractivity contribution < 1.29 is 38.7 Å². The molecule has 5 aromatic rings. The Morgan fingerprint density at radius 1 is 0.645 bits per heavy atom. The fourth-order valence-electron chi connectivity index (χ4n) is 7.15. The van der Waals surface area contributed by atoms with E-state index < -0.39 is 71.4 Å². The van der Waals surface area contributed by atoms with Crippen molar-refractivity contribution in [1.29, 1.82) is 0 Å². The zero-order valence-corrected chi connectivity index (χ0v) is 35.0. The molecule has 13 nitrogen and oxygen atoms in total. The highest BCUT2D eigenvalue weighted by Crippen LogP contribution is 2.22. The maximum atomic E-state index is 14.6. The normalized spacial score (nSPS) is 19.8. The molecule has 0 spiro atoms. The second-order valence-corrected chi connectivity index (χ2v) is 16.4. The summed E-state index contributed by atoms with van der Waals surface area (Å²) in [5.41, 5.74) is 4.44. The molecule has 2 aliphatic heterocycles. The Morgan fingerprint density at radius 3 is 1.87 bits per heavy atom. The molecule has 5 atom stereocenters. The molecule has 2 aliphatic rings. The monoisotopic (exact) mass is 855 g/mol. The first-order chi connectivity index (χ1) is 29.9. The van der Waals surface area contributed by atoms with E-state index in [0.29, 0.717) is 16.8 Å². The average molecular weight is 856 g/mol. The topological polar surface area (TPSA) is 200 Å². The number of benzene rings is 4. The van der Waals surface area contributed by atoms with Crippen LogP contribution in [0.15, 0.2) is 127 Å². The van der Waals surface area contributed by atoms with Gasteiger partial charge in [-0.2, -0.15) is 0 Å². The SMILES string of the molecule is C[C@@H](NC(=O)[C@H]1CC(=O)[C@@H](Cc2ccccc2)NC(=O)[C@H](Cc2ccc(-c3ccccc3)cc2)NC(=O)[C@@H](Cc2cccs2)NC(=O)CCC(=O)Nc2ccc(cc2)C1)C(=O)O. The molecule has 0 unspecified atom stereocenters. The number of hydrogen-bond acceptors (Lipinski definition) is 8. The summed E-state index contributed by atoms with van der Waals surface area (Å²) < 4.78 is 0. The lowest BCUT2D eigenvalue weighted by atomic mass is 9.89. The molecule has 2 bridgehead atoms. The Morgan fingerprint density at radius 2 is 1.23 bits per heavy atom. The van der Waals surface area contributed by atoms with Gasteiger partial charge in [0.15, 0.2) is 5.78 Å². The van der Waals surface area contributed by atoms with Crippen molar-refractivity contribution in [2.45, 2.75) is 76.0 Å². The number of hydrogen-bond donors (Lipinski definition) is 6. The fourth-order valence-corrected chi connectivity index (χ4v) is 7.90. The summed E-state index contributed by atoms with van der Waals surface area (Å²) in [5, 5.41) is 25.2. The zero-order chi connectivity index (χ0) is 44.0. The Hall–Kier alpha value is -6.93. The minimum absolute atomic E-state index is 0.0205. The van der Waals surface area contributed by atoms with E-state index >= 15 is 0 Å². The van der Waals surface area contributed by atoms with Crippen LogP contribution in [0.5, 0.6) is 0 Å². The van der Waals surface area contributed by atoms with Crippen LogP contribution in [0.25, 0.3) is 11.1 Å². The molecule has 14 heteroatoms. The van der Waals surface area contributed by atoms with Gasteiger partial charge in [0.05, 0.1) is 6.04 Å². The Labute approximate surface area is 363 Å². The van der Waals surface area contributed by atoms with E-state index in [4.69, 9.17) is 0 Å². The third kappa shape index (κ3) is 13.0. The van der Waals surface area contributed by atoms with Crippen LogP contribution in [0.4, 0.5) is 5.69 Å². The van der Waals surface area contributed by atoms with E-state index in [1.807, 2.05) is 90.3 Å². The molecular formula is C48H49N5O8S. The van der Waals surface area contributed by atoms with Crippen LogP contribution in [0.3, 0.4) is 0 Å². The fraction of sp³-hybridized carbons (Fsp3) is 0.271. The molecule has 7 rings (SSSR count). The van der Waals surface area contributed by atoms with E-state index in [0.717, 1.165) is 21.6 Å². The number of Topliss-reactive ketones (excluding diaryl/α,β-unsaturated/α-hetero) is 1. The summed E-state index contributed by atoms with van der Waals surface area (Å²) >= 11 is 1.40. The van der Waals surface area contributed by atoms with E-state index in [2.05, 4.69) is 26.6 Å².